The summed E-state index contributed by atoms with van der Waals surface area (Å²) in [6, 6.07) is 17.6. The van der Waals surface area contributed by atoms with Crippen LogP contribution >= 0.6 is 0 Å². The molecule has 5 N–H and O–H groups in total. The average Bonchev–Trinajstić information content (AvgIpc) is 2.96. The molecule has 0 amide bonds. The van der Waals surface area contributed by atoms with Gasteiger partial charge in [-0.3, -0.25) is 0 Å². The maximum atomic E-state index is 12.7. The first-order valence-corrected chi connectivity index (χ1v) is 12.7. The lowest BCUT2D eigenvalue weighted by Gasteiger charge is -2.43. The number of carbonyl (C=O) groups is 1. The van der Waals surface area contributed by atoms with Gasteiger partial charge in [0.1, 0.15) is 36.6 Å². The van der Waals surface area contributed by atoms with Crippen molar-refractivity contribution < 1.29 is 54.0 Å². The van der Waals surface area contributed by atoms with Gasteiger partial charge in [0.2, 0.25) is 0 Å². The third kappa shape index (κ3) is 7.28. The second-order valence-corrected chi connectivity index (χ2v) is 9.42. The van der Waals surface area contributed by atoms with Crippen LogP contribution in [0.15, 0.2) is 66.7 Å². The number of benzene rings is 2. The van der Waals surface area contributed by atoms with Crippen LogP contribution in [0.1, 0.15) is 22.8 Å². The Bertz CT molecular complexity index is 1070. The summed E-state index contributed by atoms with van der Waals surface area (Å²) in [7, 11) is 0. The normalized spacial score (nSPS) is 35.1. The molecule has 0 aromatic heterocycles. The second-order valence-electron chi connectivity index (χ2n) is 9.42. The second kappa shape index (κ2) is 13.6. The number of aliphatic hydroxyl groups excluding tert-OH is 5. The van der Waals surface area contributed by atoms with Crippen LogP contribution in [0.5, 0.6) is 0 Å². The number of hydrogen-bond donors (Lipinski definition) is 5. The smallest absolute Gasteiger partial charge is 0.338 e. The van der Waals surface area contributed by atoms with Gasteiger partial charge < -0.3 is 49.2 Å². The summed E-state index contributed by atoms with van der Waals surface area (Å²) in [4.78, 5) is 12.7. The van der Waals surface area contributed by atoms with Gasteiger partial charge >= 0.3 is 5.97 Å². The van der Waals surface area contributed by atoms with Crippen molar-refractivity contribution in [3.05, 3.63) is 77.9 Å². The summed E-state index contributed by atoms with van der Waals surface area (Å²) < 4.78 is 28.1. The Morgan fingerprint density at radius 2 is 1.41 bits per heavy atom. The predicted octanol–water partition coefficient (Wildman–Crippen LogP) is 0.233. The Balaban J connectivity index is 1.45. The molecule has 2 aromatic carbocycles. The van der Waals surface area contributed by atoms with Crippen LogP contribution in [0, 0.1) is 0 Å². The van der Waals surface area contributed by atoms with E-state index in [2.05, 4.69) is 0 Å². The summed E-state index contributed by atoms with van der Waals surface area (Å²) in [5.41, 5.74) is 1.17. The summed E-state index contributed by atoms with van der Waals surface area (Å²) in [5, 5.41) is 51.9. The molecule has 212 valence electrons. The van der Waals surface area contributed by atoms with Crippen LogP contribution in [0.2, 0.25) is 0 Å². The molecular weight excluding hydrogens is 512 g/mol. The molecule has 0 radical (unpaired) electrons. The zero-order valence-corrected chi connectivity index (χ0v) is 21.3. The van der Waals surface area contributed by atoms with Crippen molar-refractivity contribution in [1.82, 2.24) is 0 Å². The molecule has 2 aromatic rings. The fourth-order valence-corrected chi connectivity index (χ4v) is 4.33. The van der Waals surface area contributed by atoms with Crippen LogP contribution in [0.4, 0.5) is 0 Å². The van der Waals surface area contributed by atoms with Crippen molar-refractivity contribution in [3.8, 4) is 0 Å². The van der Waals surface area contributed by atoms with Crippen molar-refractivity contribution in [3.63, 3.8) is 0 Å². The number of carbonyl (C=O) groups excluding carboxylic acids is 1. The number of rotatable bonds is 9. The van der Waals surface area contributed by atoms with E-state index < -0.39 is 67.4 Å². The van der Waals surface area contributed by atoms with E-state index in [1.807, 2.05) is 36.4 Å². The first-order valence-electron chi connectivity index (χ1n) is 12.7. The van der Waals surface area contributed by atoms with Crippen molar-refractivity contribution >= 4 is 12.0 Å². The van der Waals surface area contributed by atoms with E-state index in [9.17, 15) is 30.3 Å². The van der Waals surface area contributed by atoms with Gasteiger partial charge in [-0.1, -0.05) is 60.7 Å². The Labute approximate surface area is 225 Å². The largest absolute Gasteiger partial charge is 0.453 e. The van der Waals surface area contributed by atoms with Gasteiger partial charge in [0, 0.05) is 0 Å². The average molecular weight is 547 g/mol. The van der Waals surface area contributed by atoms with Gasteiger partial charge in [-0.25, -0.2) is 4.79 Å². The predicted molar refractivity (Wildman–Crippen MR) is 136 cm³/mol. The number of hydrogen-bond acceptors (Lipinski definition) is 11. The minimum atomic E-state index is -1.60. The van der Waals surface area contributed by atoms with Crippen molar-refractivity contribution in [2.45, 2.75) is 68.3 Å². The van der Waals surface area contributed by atoms with E-state index in [0.29, 0.717) is 0 Å². The third-order valence-electron chi connectivity index (χ3n) is 6.59. The molecule has 2 saturated heterocycles. The molecule has 11 heteroatoms. The Morgan fingerprint density at radius 3 is 2.10 bits per heavy atom. The highest BCUT2D eigenvalue weighted by Gasteiger charge is 2.49. The summed E-state index contributed by atoms with van der Waals surface area (Å²) in [6.07, 6.45) is -10.1. The zero-order valence-electron chi connectivity index (χ0n) is 21.3. The minimum Gasteiger partial charge on any atom is -0.453 e. The maximum absolute atomic E-state index is 12.7. The lowest BCUT2D eigenvalue weighted by Crippen LogP contribution is -2.62. The number of esters is 1. The fraction of sp³-hybridized carbons (Fsp3) is 0.464. The highest BCUT2D eigenvalue weighted by Crippen LogP contribution is 2.28. The number of ether oxygens (including phenoxy) is 5. The number of aliphatic hydroxyl groups is 5. The Morgan fingerprint density at radius 1 is 0.795 bits per heavy atom. The molecule has 10 unspecified atom stereocenters. The standard InChI is InChI=1S/C28H34O11/c1-16-20(29)21(30)23(32)28(37-16)36-15-19-25(39-26(34)18-12-6-3-7-13-18)22(31)24(33)27(38-19)35-14-8-11-17-9-4-2-5-10-17/h2-13,16,19-25,27-33H,14-15H2,1H3. The first kappa shape index (κ1) is 29.3. The van der Waals surface area contributed by atoms with E-state index in [1.54, 1.807) is 24.3 Å². The van der Waals surface area contributed by atoms with Crippen molar-refractivity contribution in [2.24, 2.45) is 0 Å². The molecule has 0 aliphatic carbocycles. The van der Waals surface area contributed by atoms with Gasteiger partial charge in [-0.15, -0.1) is 0 Å². The third-order valence-corrected chi connectivity index (χ3v) is 6.59. The first-order chi connectivity index (χ1) is 18.8. The summed E-state index contributed by atoms with van der Waals surface area (Å²) in [6.45, 7) is 1.16. The molecule has 11 nitrogen and oxygen atoms in total. The van der Waals surface area contributed by atoms with Crippen molar-refractivity contribution in [1.29, 1.82) is 0 Å². The van der Waals surface area contributed by atoms with Crippen LogP contribution in [0.3, 0.4) is 0 Å². The highest BCUT2D eigenvalue weighted by atomic mass is 16.7. The molecular formula is C28H34O11. The molecule has 2 aliphatic heterocycles. The molecule has 2 fully saturated rings. The minimum absolute atomic E-state index is 0.0391. The lowest BCUT2D eigenvalue weighted by molar-refractivity contribution is -0.326. The molecule has 4 rings (SSSR count). The van der Waals surface area contributed by atoms with Crippen LogP contribution < -0.4 is 0 Å². The van der Waals surface area contributed by atoms with E-state index in [0.717, 1.165) is 5.56 Å². The Kier molecular flexibility index (Phi) is 10.2. The van der Waals surface area contributed by atoms with Gasteiger partial charge in [0.25, 0.3) is 0 Å². The topological polar surface area (TPSA) is 164 Å². The molecule has 2 aliphatic rings. The van der Waals surface area contributed by atoms with Gasteiger partial charge in [0.05, 0.1) is 24.9 Å². The van der Waals surface area contributed by atoms with E-state index in [1.165, 1.54) is 19.1 Å². The van der Waals surface area contributed by atoms with Gasteiger partial charge in [-0.05, 0) is 24.6 Å². The van der Waals surface area contributed by atoms with Crippen molar-refractivity contribution in [2.75, 3.05) is 13.2 Å². The zero-order chi connectivity index (χ0) is 27.9. The molecule has 10 atom stereocenters. The van der Waals surface area contributed by atoms with Crippen LogP contribution in [-0.2, 0) is 23.7 Å². The quantitative estimate of drug-likeness (QED) is 0.274. The SMILES string of the molecule is CC1OC(OCC2OC(OCC=Cc3ccccc3)C(O)C(O)C2OC(=O)c2ccccc2)C(O)C(O)C1O. The van der Waals surface area contributed by atoms with Gasteiger partial charge in [-0.2, -0.15) is 0 Å². The van der Waals surface area contributed by atoms with Crippen LogP contribution in [-0.4, -0.2) is 106 Å². The van der Waals surface area contributed by atoms with E-state index >= 15 is 0 Å². The van der Waals surface area contributed by atoms with Crippen LogP contribution in [0.25, 0.3) is 6.08 Å². The molecule has 2 heterocycles. The van der Waals surface area contributed by atoms with E-state index in [-0.39, 0.29) is 18.8 Å². The summed E-state index contributed by atoms with van der Waals surface area (Å²) >= 11 is 0. The molecule has 0 bridgehead atoms. The van der Waals surface area contributed by atoms with Gasteiger partial charge in [0.15, 0.2) is 18.7 Å². The molecule has 39 heavy (non-hydrogen) atoms. The monoisotopic (exact) mass is 546 g/mol. The molecule has 0 saturated carbocycles. The lowest BCUT2D eigenvalue weighted by atomic mass is 9.98. The highest BCUT2D eigenvalue weighted by molar-refractivity contribution is 5.89. The Hall–Kier alpha value is -2.71. The summed E-state index contributed by atoms with van der Waals surface area (Å²) in [5.74, 6) is -0.758. The molecule has 0 spiro atoms. The van der Waals surface area contributed by atoms with E-state index in [4.69, 9.17) is 23.7 Å². The maximum Gasteiger partial charge on any atom is 0.338 e. The fourth-order valence-electron chi connectivity index (χ4n) is 4.33.